The van der Waals surface area contributed by atoms with E-state index in [-0.39, 0.29) is 29.5 Å². The van der Waals surface area contributed by atoms with Crippen LogP contribution in [0.3, 0.4) is 0 Å². The van der Waals surface area contributed by atoms with Gasteiger partial charge in [-0.15, -0.1) is 0 Å². The smallest absolute Gasteiger partial charge is 0.323 e. The topological polar surface area (TPSA) is 91.8 Å². The van der Waals surface area contributed by atoms with E-state index in [1.807, 2.05) is 30.3 Å². The molecule has 0 bridgehead atoms. The molecule has 0 aliphatic carbocycles. The van der Waals surface area contributed by atoms with Crippen LogP contribution in [0.15, 0.2) is 59.5 Å². The highest BCUT2D eigenvalue weighted by Gasteiger charge is 2.18. The molecule has 0 saturated carbocycles. The minimum absolute atomic E-state index is 0.0111. The normalized spacial score (nSPS) is 11.1. The number of carbonyl (C=O) groups excluding carboxylic acids is 1. The number of hydrogen-bond acceptors (Lipinski definition) is 4. The van der Waals surface area contributed by atoms with Gasteiger partial charge in [-0.05, 0) is 29.7 Å². The number of sulfone groups is 1. The molecule has 0 atom stereocenters. The van der Waals surface area contributed by atoms with Gasteiger partial charge in [-0.2, -0.15) is 0 Å². The predicted molar refractivity (Wildman–Crippen MR) is 102 cm³/mol. The number of hydrogen-bond donors (Lipinski definition) is 1. The third-order valence-electron chi connectivity index (χ3n) is 4.21. The molecular formula is C20H23NO5S. The van der Waals surface area contributed by atoms with Crippen LogP contribution in [0.1, 0.15) is 18.1 Å². The molecule has 144 valence electrons. The summed E-state index contributed by atoms with van der Waals surface area (Å²) in [6.45, 7) is 1.51. The Morgan fingerprint density at radius 3 is 2.15 bits per heavy atom. The Morgan fingerprint density at radius 1 is 0.963 bits per heavy atom. The summed E-state index contributed by atoms with van der Waals surface area (Å²) in [5.74, 6) is -1.36. The van der Waals surface area contributed by atoms with Gasteiger partial charge in [0.05, 0.1) is 17.1 Å². The molecule has 0 fully saturated rings. The molecule has 1 amide bonds. The average molecular weight is 389 g/mol. The summed E-state index contributed by atoms with van der Waals surface area (Å²) in [5.41, 5.74) is 1.67. The highest BCUT2D eigenvalue weighted by Crippen LogP contribution is 2.13. The van der Waals surface area contributed by atoms with Crippen LogP contribution in [0.2, 0.25) is 0 Å². The fraction of sp³-hybridized carbons (Fsp3) is 0.300. The van der Waals surface area contributed by atoms with Gasteiger partial charge in [0.15, 0.2) is 9.84 Å². The fourth-order valence-electron chi connectivity index (χ4n) is 2.63. The van der Waals surface area contributed by atoms with Crippen molar-refractivity contribution >= 4 is 21.7 Å². The summed E-state index contributed by atoms with van der Waals surface area (Å²) < 4.78 is 23.7. The largest absolute Gasteiger partial charge is 0.480 e. The molecule has 0 aliphatic heterocycles. The first-order chi connectivity index (χ1) is 12.8. The van der Waals surface area contributed by atoms with Crippen molar-refractivity contribution in [2.45, 2.75) is 24.7 Å². The summed E-state index contributed by atoms with van der Waals surface area (Å²) in [5, 5.41) is 9.09. The number of carboxylic acid groups (broad SMARTS) is 1. The monoisotopic (exact) mass is 389 g/mol. The van der Waals surface area contributed by atoms with E-state index < -0.39 is 15.8 Å². The van der Waals surface area contributed by atoms with Gasteiger partial charge in [0, 0.05) is 6.54 Å². The second kappa shape index (κ2) is 9.32. The first-order valence-corrected chi connectivity index (χ1v) is 10.3. The zero-order valence-corrected chi connectivity index (χ0v) is 16.0. The summed E-state index contributed by atoms with van der Waals surface area (Å²) in [4.78, 5) is 25.2. The lowest BCUT2D eigenvalue weighted by Crippen LogP contribution is -2.38. The molecule has 2 aromatic rings. The third kappa shape index (κ3) is 6.21. The number of carbonyl (C=O) groups is 2. The van der Waals surface area contributed by atoms with E-state index in [9.17, 15) is 18.0 Å². The number of aliphatic carboxylic acids is 1. The highest BCUT2D eigenvalue weighted by molar-refractivity contribution is 7.91. The van der Waals surface area contributed by atoms with Crippen molar-refractivity contribution in [3.63, 3.8) is 0 Å². The summed E-state index contributed by atoms with van der Waals surface area (Å²) >= 11 is 0. The molecular weight excluding hydrogens is 366 g/mol. The average Bonchev–Trinajstić information content (AvgIpc) is 2.66. The molecule has 27 heavy (non-hydrogen) atoms. The van der Waals surface area contributed by atoms with Crippen molar-refractivity contribution in [1.29, 1.82) is 0 Å². The van der Waals surface area contributed by atoms with Crippen LogP contribution in [-0.2, 0) is 32.3 Å². The Kier molecular flexibility index (Phi) is 7.12. The molecule has 0 radical (unpaired) electrons. The molecule has 2 aromatic carbocycles. The summed E-state index contributed by atoms with van der Waals surface area (Å²) in [6.07, 6.45) is 0.585. The fourth-order valence-corrected chi connectivity index (χ4v) is 3.52. The van der Waals surface area contributed by atoms with Crippen LogP contribution in [0.4, 0.5) is 0 Å². The van der Waals surface area contributed by atoms with Crippen molar-refractivity contribution in [2.24, 2.45) is 0 Å². The van der Waals surface area contributed by atoms with E-state index in [2.05, 4.69) is 0 Å². The van der Waals surface area contributed by atoms with Crippen LogP contribution < -0.4 is 0 Å². The number of amides is 1. The zero-order chi connectivity index (χ0) is 19.9. The first-order valence-electron chi connectivity index (χ1n) is 8.67. The Hall–Kier alpha value is -2.67. The quantitative estimate of drug-likeness (QED) is 0.710. The van der Waals surface area contributed by atoms with Crippen LogP contribution in [0.5, 0.6) is 0 Å². The van der Waals surface area contributed by atoms with E-state index >= 15 is 0 Å². The maximum Gasteiger partial charge on any atom is 0.323 e. The number of carboxylic acids is 1. The Labute approximate surface area is 159 Å². The van der Waals surface area contributed by atoms with Gasteiger partial charge < -0.3 is 10.0 Å². The molecule has 6 nitrogen and oxygen atoms in total. The molecule has 0 spiro atoms. The molecule has 2 rings (SSSR count). The Balaban J connectivity index is 2.05. The molecule has 0 unspecified atom stereocenters. The van der Waals surface area contributed by atoms with Crippen LogP contribution in [0, 0.1) is 0 Å². The summed E-state index contributed by atoms with van der Waals surface area (Å²) in [7, 11) is -3.29. The van der Waals surface area contributed by atoms with Crippen molar-refractivity contribution in [3.05, 3.63) is 65.7 Å². The lowest BCUT2D eigenvalue weighted by atomic mass is 10.1. The van der Waals surface area contributed by atoms with Gasteiger partial charge in [-0.1, -0.05) is 49.4 Å². The van der Waals surface area contributed by atoms with E-state index in [1.54, 1.807) is 19.1 Å². The van der Waals surface area contributed by atoms with Crippen molar-refractivity contribution < 1.29 is 23.1 Å². The minimum Gasteiger partial charge on any atom is -0.480 e. The van der Waals surface area contributed by atoms with Crippen LogP contribution >= 0.6 is 0 Å². The second-order valence-electron chi connectivity index (χ2n) is 6.17. The highest BCUT2D eigenvalue weighted by atomic mass is 32.2. The Morgan fingerprint density at radius 2 is 1.59 bits per heavy atom. The number of benzene rings is 2. The molecule has 0 heterocycles. The van der Waals surface area contributed by atoms with Crippen LogP contribution in [0.25, 0.3) is 0 Å². The van der Waals surface area contributed by atoms with Crippen LogP contribution in [-0.4, -0.2) is 49.1 Å². The van der Waals surface area contributed by atoms with E-state index in [1.165, 1.54) is 17.0 Å². The second-order valence-corrected chi connectivity index (χ2v) is 8.45. The summed E-state index contributed by atoms with van der Waals surface area (Å²) in [6, 6.07) is 15.7. The zero-order valence-electron chi connectivity index (χ0n) is 15.2. The van der Waals surface area contributed by atoms with Crippen molar-refractivity contribution in [3.8, 4) is 0 Å². The van der Waals surface area contributed by atoms with Gasteiger partial charge in [0.25, 0.3) is 0 Å². The maximum absolute atomic E-state index is 12.6. The molecule has 7 heteroatoms. The third-order valence-corrected chi connectivity index (χ3v) is 5.96. The molecule has 0 saturated heterocycles. The predicted octanol–water partition coefficient (Wildman–Crippen LogP) is 2.18. The van der Waals surface area contributed by atoms with E-state index in [0.29, 0.717) is 18.5 Å². The van der Waals surface area contributed by atoms with Gasteiger partial charge in [-0.25, -0.2) is 8.42 Å². The van der Waals surface area contributed by atoms with Gasteiger partial charge in [-0.3, -0.25) is 9.59 Å². The minimum atomic E-state index is -3.29. The molecule has 0 aromatic heterocycles. The number of nitrogens with zero attached hydrogens (tertiary/aromatic N) is 1. The SMILES string of the molecule is CCS(=O)(=O)c1ccc(CC(=O)N(CCc2ccccc2)CC(=O)O)cc1. The van der Waals surface area contributed by atoms with Gasteiger partial charge >= 0.3 is 5.97 Å². The van der Waals surface area contributed by atoms with E-state index in [4.69, 9.17) is 5.11 Å². The first kappa shape index (κ1) is 20.6. The Bertz CT molecular complexity index is 876. The van der Waals surface area contributed by atoms with Crippen molar-refractivity contribution in [1.82, 2.24) is 4.90 Å². The van der Waals surface area contributed by atoms with E-state index in [0.717, 1.165) is 5.56 Å². The van der Waals surface area contributed by atoms with Crippen molar-refractivity contribution in [2.75, 3.05) is 18.8 Å². The van der Waals surface area contributed by atoms with Gasteiger partial charge in [0.2, 0.25) is 5.91 Å². The molecule has 0 aliphatic rings. The maximum atomic E-state index is 12.6. The lowest BCUT2D eigenvalue weighted by Gasteiger charge is -2.21. The van der Waals surface area contributed by atoms with Gasteiger partial charge in [0.1, 0.15) is 6.54 Å². The lowest BCUT2D eigenvalue weighted by molar-refractivity contribution is -0.144. The molecule has 1 N–H and O–H groups in total. The number of rotatable bonds is 9. The standard InChI is InChI=1S/C20H23NO5S/c1-2-27(25,26)18-10-8-17(9-11-18)14-19(22)21(15-20(23)24)13-12-16-6-4-3-5-7-16/h3-11H,2,12-15H2,1H3,(H,23,24).